The second kappa shape index (κ2) is 6.52. The molecule has 0 atom stereocenters. The highest BCUT2D eigenvalue weighted by Crippen LogP contribution is 2.28. The van der Waals surface area contributed by atoms with Gasteiger partial charge >= 0.3 is 0 Å². The van der Waals surface area contributed by atoms with Crippen molar-refractivity contribution in [2.24, 2.45) is 0 Å². The van der Waals surface area contributed by atoms with Crippen LogP contribution in [0.2, 0.25) is 0 Å². The van der Waals surface area contributed by atoms with E-state index in [9.17, 15) is 5.26 Å². The molecule has 0 radical (unpaired) electrons. The molecule has 4 heteroatoms. The number of hydrogen-bond donors (Lipinski definition) is 0. The molecule has 20 heavy (non-hydrogen) atoms. The maximum Gasteiger partial charge on any atom is 0.212 e. The van der Waals surface area contributed by atoms with E-state index in [0.717, 1.165) is 20.1 Å². The first-order valence-electron chi connectivity index (χ1n) is 5.69. The average molecular weight is 388 g/mol. The first-order valence-corrected chi connectivity index (χ1v) is 7.28. The molecule has 2 nitrogen and oxygen atoms in total. The Morgan fingerprint density at radius 1 is 0.900 bits per heavy atom. The normalized spacial score (nSPS) is 11.2. The van der Waals surface area contributed by atoms with Crippen LogP contribution in [0.1, 0.15) is 11.1 Å². The molecule has 0 aliphatic heterocycles. The summed E-state index contributed by atoms with van der Waals surface area (Å²) in [5, 5.41) is 9.39. The summed E-state index contributed by atoms with van der Waals surface area (Å²) in [6.07, 6.45) is 0. The first-order chi connectivity index (χ1) is 9.65. The number of hydrogen-bond acceptors (Lipinski definition) is 1. The summed E-state index contributed by atoms with van der Waals surface area (Å²) in [5.41, 5.74) is 2.23. The van der Waals surface area contributed by atoms with Crippen LogP contribution in [0.5, 0.6) is 0 Å². The minimum atomic E-state index is 0.363. The molecule has 0 fully saturated rings. The summed E-state index contributed by atoms with van der Waals surface area (Å²) in [7, 11) is 0. The molecule has 0 aliphatic rings. The molecule has 2 aromatic carbocycles. The van der Waals surface area contributed by atoms with Gasteiger partial charge in [0, 0.05) is 8.95 Å². The fourth-order valence-corrected chi connectivity index (χ4v) is 2.27. The van der Waals surface area contributed by atoms with Crippen molar-refractivity contribution in [3.05, 3.63) is 80.0 Å². The molecule has 0 spiro atoms. The van der Waals surface area contributed by atoms with E-state index >= 15 is 0 Å². The van der Waals surface area contributed by atoms with Gasteiger partial charge in [-0.25, -0.2) is 4.85 Å². The lowest BCUT2D eigenvalue weighted by Crippen LogP contribution is -1.88. The van der Waals surface area contributed by atoms with Crippen molar-refractivity contribution in [1.82, 2.24) is 0 Å². The van der Waals surface area contributed by atoms with Gasteiger partial charge in [0.05, 0.1) is 18.2 Å². The molecule has 0 amide bonds. The lowest BCUT2D eigenvalue weighted by Gasteiger charge is -2.05. The fraction of sp³-hybridized carbons (Fsp3) is 0. The third-order valence-electron chi connectivity index (χ3n) is 2.71. The van der Waals surface area contributed by atoms with E-state index in [1.807, 2.05) is 48.5 Å². The molecular weight excluding hydrogens is 380 g/mol. The van der Waals surface area contributed by atoms with Crippen LogP contribution >= 0.6 is 31.9 Å². The largest absolute Gasteiger partial charge is 0.236 e. The highest BCUT2D eigenvalue weighted by Gasteiger charge is 2.11. The Bertz CT molecular complexity index is 665. The number of nitriles is 1. The molecule has 0 unspecified atom stereocenters. The van der Waals surface area contributed by atoms with Crippen molar-refractivity contribution in [2.45, 2.75) is 0 Å². The van der Waals surface area contributed by atoms with Crippen molar-refractivity contribution < 1.29 is 0 Å². The van der Waals surface area contributed by atoms with Crippen molar-refractivity contribution in [1.29, 1.82) is 5.26 Å². The predicted molar refractivity (Wildman–Crippen MR) is 87.3 cm³/mol. The van der Waals surface area contributed by atoms with Crippen molar-refractivity contribution >= 4 is 43.1 Å². The number of halogens is 2. The van der Waals surface area contributed by atoms with Crippen LogP contribution in [0.25, 0.3) is 16.1 Å². The molecule has 0 saturated carbocycles. The van der Waals surface area contributed by atoms with E-state index < -0.39 is 0 Å². The second-order valence-corrected chi connectivity index (χ2v) is 5.79. The second-order valence-electron chi connectivity index (χ2n) is 3.96. The van der Waals surface area contributed by atoms with Gasteiger partial charge in [-0.1, -0.05) is 56.1 Å². The quantitative estimate of drug-likeness (QED) is 0.378. The number of nitrogens with zero attached hydrogens (tertiary/aromatic N) is 2. The van der Waals surface area contributed by atoms with Gasteiger partial charge in [-0.2, -0.15) is 5.26 Å². The zero-order chi connectivity index (χ0) is 14.5. The van der Waals surface area contributed by atoms with Crippen LogP contribution < -0.4 is 0 Å². The lowest BCUT2D eigenvalue weighted by atomic mass is 10.0. The molecule has 0 aromatic heterocycles. The molecule has 2 aromatic rings. The summed E-state index contributed by atoms with van der Waals surface area (Å²) in [6.45, 7) is 7.37. The third-order valence-corrected chi connectivity index (χ3v) is 3.77. The highest BCUT2D eigenvalue weighted by atomic mass is 79.9. The van der Waals surface area contributed by atoms with Gasteiger partial charge in [0.1, 0.15) is 0 Å². The third kappa shape index (κ3) is 3.17. The average Bonchev–Trinajstić information content (AvgIpc) is 2.47. The molecule has 0 aliphatic carbocycles. The van der Waals surface area contributed by atoms with Gasteiger partial charge in [0.25, 0.3) is 0 Å². The van der Waals surface area contributed by atoms with E-state index in [1.54, 1.807) is 0 Å². The van der Waals surface area contributed by atoms with Crippen LogP contribution in [-0.2, 0) is 0 Å². The fourth-order valence-electron chi connectivity index (χ4n) is 1.74. The maximum absolute atomic E-state index is 9.39. The number of rotatable bonds is 2. The van der Waals surface area contributed by atoms with Gasteiger partial charge in [0.15, 0.2) is 0 Å². The Morgan fingerprint density at radius 2 is 1.35 bits per heavy atom. The molecule has 0 saturated heterocycles. The highest BCUT2D eigenvalue weighted by molar-refractivity contribution is 9.10. The Kier molecular flexibility index (Phi) is 4.74. The molecular formula is C16H8Br2N2. The standard InChI is InChI=1S/C16H8Br2N2/c1-20-16(12-4-8-14(18)9-5-12)15(10-19)11-2-6-13(17)7-3-11/h2-9H/b16-15+. The minimum Gasteiger partial charge on any atom is -0.236 e. The summed E-state index contributed by atoms with van der Waals surface area (Å²) < 4.78 is 1.87. The van der Waals surface area contributed by atoms with Crippen LogP contribution in [0.15, 0.2) is 57.5 Å². The molecule has 0 N–H and O–H groups in total. The Hall–Kier alpha value is -1.88. The SMILES string of the molecule is [C-]#[N+]/C(=C(\C#N)c1ccc(Br)cc1)c1ccc(Br)cc1. The summed E-state index contributed by atoms with van der Waals surface area (Å²) in [6, 6.07) is 16.9. The van der Waals surface area contributed by atoms with E-state index in [-0.39, 0.29) is 0 Å². The smallest absolute Gasteiger partial charge is 0.212 e. The minimum absolute atomic E-state index is 0.363. The van der Waals surface area contributed by atoms with Crippen LogP contribution in [0.3, 0.4) is 0 Å². The lowest BCUT2D eigenvalue weighted by molar-refractivity contribution is 1.51. The van der Waals surface area contributed by atoms with Gasteiger partial charge in [-0.15, -0.1) is 0 Å². The van der Waals surface area contributed by atoms with E-state index in [1.165, 1.54) is 0 Å². The predicted octanol–water partition coefficient (Wildman–Crippen LogP) is 5.52. The summed E-state index contributed by atoms with van der Waals surface area (Å²) >= 11 is 6.72. The van der Waals surface area contributed by atoms with Crippen LogP contribution in [0, 0.1) is 17.9 Å². The van der Waals surface area contributed by atoms with Crippen LogP contribution in [-0.4, -0.2) is 0 Å². The molecule has 96 valence electrons. The van der Waals surface area contributed by atoms with E-state index in [0.29, 0.717) is 11.3 Å². The van der Waals surface area contributed by atoms with Crippen LogP contribution in [0.4, 0.5) is 0 Å². The Morgan fingerprint density at radius 3 is 1.75 bits per heavy atom. The monoisotopic (exact) mass is 386 g/mol. The van der Waals surface area contributed by atoms with Gasteiger partial charge in [0.2, 0.25) is 5.70 Å². The number of benzene rings is 2. The van der Waals surface area contributed by atoms with Gasteiger partial charge in [-0.05, 0) is 35.4 Å². The Labute approximate surface area is 134 Å². The summed E-state index contributed by atoms with van der Waals surface area (Å²) in [5.74, 6) is 0. The van der Waals surface area contributed by atoms with Gasteiger partial charge < -0.3 is 0 Å². The molecule has 0 heterocycles. The zero-order valence-electron chi connectivity index (χ0n) is 10.3. The number of allylic oxidation sites excluding steroid dienone is 1. The maximum atomic E-state index is 9.39. The van der Waals surface area contributed by atoms with E-state index in [2.05, 4.69) is 42.8 Å². The molecule has 0 bridgehead atoms. The van der Waals surface area contributed by atoms with Crippen molar-refractivity contribution in [3.8, 4) is 6.07 Å². The Balaban J connectivity index is 2.60. The first kappa shape index (κ1) is 14.5. The van der Waals surface area contributed by atoms with Crippen molar-refractivity contribution in [2.75, 3.05) is 0 Å². The summed E-state index contributed by atoms with van der Waals surface area (Å²) in [4.78, 5) is 3.54. The molecule has 2 rings (SSSR count). The van der Waals surface area contributed by atoms with Crippen molar-refractivity contribution in [3.63, 3.8) is 0 Å². The van der Waals surface area contributed by atoms with E-state index in [4.69, 9.17) is 6.57 Å². The topological polar surface area (TPSA) is 28.1 Å². The zero-order valence-corrected chi connectivity index (χ0v) is 13.4. The van der Waals surface area contributed by atoms with Gasteiger partial charge in [-0.3, -0.25) is 0 Å².